The number of nitroso groups, excluding NO2 is 1. The smallest absolute Gasteiger partial charge is 0.0813 e. The molecule has 20 heavy (non-hydrogen) atoms. The number of rotatable bonds is 6. The van der Waals surface area contributed by atoms with Crippen molar-refractivity contribution in [1.29, 1.82) is 0 Å². The first-order valence-corrected chi connectivity index (χ1v) is 9.16. The van der Waals surface area contributed by atoms with Crippen molar-refractivity contribution in [3.63, 3.8) is 0 Å². The van der Waals surface area contributed by atoms with E-state index in [0.717, 1.165) is 18.3 Å². The summed E-state index contributed by atoms with van der Waals surface area (Å²) in [5, 5.41) is 3.08. The summed E-state index contributed by atoms with van der Waals surface area (Å²) in [5.41, 5.74) is 0. The lowest BCUT2D eigenvalue weighted by atomic mass is 9.84. The van der Waals surface area contributed by atoms with Crippen LogP contribution in [0.25, 0.3) is 0 Å². The normalized spacial score (nSPS) is 26.4. The van der Waals surface area contributed by atoms with Gasteiger partial charge in [-0.15, -0.1) is 0 Å². The Hall–Kier alpha value is -0.400. The minimum Gasteiger partial charge on any atom is -0.151 e. The molecule has 1 aliphatic carbocycles. The van der Waals surface area contributed by atoms with Crippen LogP contribution in [0.3, 0.4) is 0 Å². The van der Waals surface area contributed by atoms with E-state index in [1.165, 1.54) is 83.5 Å². The predicted octanol–water partition coefficient (Wildman–Crippen LogP) is 6.48. The van der Waals surface area contributed by atoms with Gasteiger partial charge in [0, 0.05) is 0 Å². The van der Waals surface area contributed by atoms with Gasteiger partial charge in [-0.25, -0.2) is 0 Å². The van der Waals surface area contributed by atoms with Gasteiger partial charge in [-0.3, -0.25) is 0 Å². The molecule has 2 heteroatoms. The molecule has 0 aliphatic heterocycles. The number of hydrogen-bond donors (Lipinski definition) is 0. The molecule has 0 aromatic rings. The average molecular weight is 281 g/mol. The van der Waals surface area contributed by atoms with E-state index < -0.39 is 0 Å². The van der Waals surface area contributed by atoms with E-state index in [0.29, 0.717) is 6.54 Å². The molecule has 2 atom stereocenters. The lowest BCUT2D eigenvalue weighted by Gasteiger charge is -2.22. The summed E-state index contributed by atoms with van der Waals surface area (Å²) in [6, 6.07) is 0. The van der Waals surface area contributed by atoms with Gasteiger partial charge in [-0.05, 0) is 18.3 Å². The van der Waals surface area contributed by atoms with E-state index in [9.17, 15) is 4.91 Å². The van der Waals surface area contributed by atoms with Crippen molar-refractivity contribution in [2.45, 2.75) is 96.8 Å². The minimum atomic E-state index is 0.532. The standard InChI is InChI=1S/C18H35NO/c1-2-3-10-17-11-8-6-4-5-7-9-12-18(14-13-17)15-16-19-20/h17-18H,2-16H2,1H3. The molecule has 0 aromatic heterocycles. The maximum absolute atomic E-state index is 10.4. The molecule has 1 rings (SSSR count). The topological polar surface area (TPSA) is 29.4 Å². The van der Waals surface area contributed by atoms with E-state index in [2.05, 4.69) is 12.1 Å². The molecule has 2 nitrogen and oxygen atoms in total. The second-order valence-electron chi connectivity index (χ2n) is 6.79. The minimum absolute atomic E-state index is 0.532. The van der Waals surface area contributed by atoms with Crippen LogP contribution in [0.5, 0.6) is 0 Å². The first-order chi connectivity index (χ1) is 9.86. The molecule has 0 bridgehead atoms. The SMILES string of the molecule is CCCCC1CCCCCCCCC(CCN=O)CC1. The van der Waals surface area contributed by atoms with Gasteiger partial charge in [-0.1, -0.05) is 95.6 Å². The van der Waals surface area contributed by atoms with Crippen LogP contribution < -0.4 is 0 Å². The molecular weight excluding hydrogens is 246 g/mol. The van der Waals surface area contributed by atoms with E-state index in [1.54, 1.807) is 0 Å². The fourth-order valence-electron chi connectivity index (χ4n) is 3.64. The zero-order valence-corrected chi connectivity index (χ0v) is 13.6. The summed E-state index contributed by atoms with van der Waals surface area (Å²) in [5.74, 6) is 1.71. The molecular formula is C18H35NO. The lowest BCUT2D eigenvalue weighted by molar-refractivity contribution is 0.312. The van der Waals surface area contributed by atoms with Crippen LogP contribution in [-0.4, -0.2) is 6.54 Å². The third-order valence-electron chi connectivity index (χ3n) is 5.05. The molecule has 0 saturated heterocycles. The largest absolute Gasteiger partial charge is 0.151 e. The van der Waals surface area contributed by atoms with Crippen LogP contribution in [0.2, 0.25) is 0 Å². The maximum Gasteiger partial charge on any atom is 0.0813 e. The van der Waals surface area contributed by atoms with Gasteiger partial charge >= 0.3 is 0 Å². The summed E-state index contributed by atoms with van der Waals surface area (Å²) >= 11 is 0. The van der Waals surface area contributed by atoms with Gasteiger partial charge in [0.2, 0.25) is 0 Å². The van der Waals surface area contributed by atoms with Gasteiger partial charge in [-0.2, -0.15) is 4.91 Å². The van der Waals surface area contributed by atoms with E-state index >= 15 is 0 Å². The number of nitrogens with zero attached hydrogens (tertiary/aromatic N) is 1. The molecule has 0 spiro atoms. The molecule has 0 N–H and O–H groups in total. The summed E-state index contributed by atoms with van der Waals surface area (Å²) in [6.45, 7) is 2.83. The summed E-state index contributed by atoms with van der Waals surface area (Å²) < 4.78 is 0. The molecule has 1 saturated carbocycles. The molecule has 2 unspecified atom stereocenters. The van der Waals surface area contributed by atoms with Crippen molar-refractivity contribution in [2.24, 2.45) is 17.0 Å². The Morgan fingerprint density at radius 3 is 1.90 bits per heavy atom. The Kier molecular flexibility index (Phi) is 10.9. The van der Waals surface area contributed by atoms with Gasteiger partial charge in [0.05, 0.1) is 6.54 Å². The summed E-state index contributed by atoms with van der Waals surface area (Å²) in [4.78, 5) is 10.4. The van der Waals surface area contributed by atoms with E-state index in [4.69, 9.17) is 0 Å². The summed E-state index contributed by atoms with van der Waals surface area (Å²) in [6.07, 6.45) is 19.2. The Morgan fingerprint density at radius 1 is 0.800 bits per heavy atom. The highest BCUT2D eigenvalue weighted by Gasteiger charge is 2.14. The third kappa shape index (κ3) is 8.71. The quantitative estimate of drug-likeness (QED) is 0.512. The number of unbranched alkanes of at least 4 members (excludes halogenated alkanes) is 1. The highest BCUT2D eigenvalue weighted by molar-refractivity contribution is 4.68. The number of hydrogen-bond acceptors (Lipinski definition) is 2. The Labute approximate surface area is 126 Å². The fourth-order valence-corrected chi connectivity index (χ4v) is 3.64. The highest BCUT2D eigenvalue weighted by Crippen LogP contribution is 2.28. The van der Waals surface area contributed by atoms with E-state index in [-0.39, 0.29) is 0 Å². The monoisotopic (exact) mass is 281 g/mol. The molecule has 0 radical (unpaired) electrons. The predicted molar refractivity (Wildman–Crippen MR) is 88.0 cm³/mol. The first kappa shape index (κ1) is 17.7. The van der Waals surface area contributed by atoms with Gasteiger partial charge < -0.3 is 0 Å². The molecule has 0 amide bonds. The van der Waals surface area contributed by atoms with Crippen molar-refractivity contribution in [3.8, 4) is 0 Å². The van der Waals surface area contributed by atoms with Crippen LogP contribution in [0, 0.1) is 16.7 Å². The second kappa shape index (κ2) is 12.3. The lowest BCUT2D eigenvalue weighted by Crippen LogP contribution is -2.09. The van der Waals surface area contributed by atoms with Gasteiger partial charge in [0.25, 0.3) is 0 Å². The third-order valence-corrected chi connectivity index (χ3v) is 5.05. The molecule has 1 aliphatic rings. The molecule has 0 heterocycles. The fraction of sp³-hybridized carbons (Fsp3) is 1.00. The average Bonchev–Trinajstić information content (AvgIpc) is 2.46. The maximum atomic E-state index is 10.4. The van der Waals surface area contributed by atoms with Crippen LogP contribution in [-0.2, 0) is 0 Å². The first-order valence-electron chi connectivity index (χ1n) is 9.16. The van der Waals surface area contributed by atoms with Crippen LogP contribution in [0.1, 0.15) is 96.8 Å². The van der Waals surface area contributed by atoms with Crippen molar-refractivity contribution in [1.82, 2.24) is 0 Å². The van der Waals surface area contributed by atoms with E-state index in [1.807, 2.05) is 0 Å². The Balaban J connectivity index is 2.41. The van der Waals surface area contributed by atoms with Crippen LogP contribution in [0.4, 0.5) is 0 Å². The van der Waals surface area contributed by atoms with Gasteiger partial charge in [0.15, 0.2) is 0 Å². The Morgan fingerprint density at radius 2 is 1.35 bits per heavy atom. The zero-order chi connectivity index (χ0) is 14.5. The van der Waals surface area contributed by atoms with Gasteiger partial charge in [0.1, 0.15) is 0 Å². The van der Waals surface area contributed by atoms with Crippen molar-refractivity contribution < 1.29 is 0 Å². The van der Waals surface area contributed by atoms with Crippen LogP contribution in [0.15, 0.2) is 5.18 Å². The Bertz CT molecular complexity index is 229. The molecule has 0 aromatic carbocycles. The molecule has 118 valence electrons. The van der Waals surface area contributed by atoms with Crippen molar-refractivity contribution in [2.75, 3.05) is 6.54 Å². The zero-order valence-electron chi connectivity index (χ0n) is 13.6. The molecule has 1 fully saturated rings. The second-order valence-corrected chi connectivity index (χ2v) is 6.79. The highest BCUT2D eigenvalue weighted by atomic mass is 16.3. The van der Waals surface area contributed by atoms with Crippen LogP contribution >= 0.6 is 0 Å². The van der Waals surface area contributed by atoms with Crippen molar-refractivity contribution >= 4 is 0 Å². The summed E-state index contributed by atoms with van der Waals surface area (Å²) in [7, 11) is 0. The van der Waals surface area contributed by atoms with Crippen molar-refractivity contribution in [3.05, 3.63) is 4.91 Å².